The van der Waals surface area contributed by atoms with Crippen molar-refractivity contribution in [3.05, 3.63) is 71.9 Å². The lowest BCUT2D eigenvalue weighted by atomic mass is 10.2. The van der Waals surface area contributed by atoms with Gasteiger partial charge in [0.25, 0.3) is 0 Å². The van der Waals surface area contributed by atoms with Crippen molar-refractivity contribution in [3.63, 3.8) is 0 Å². The number of likely N-dealkylation sites (N-methyl/N-ethyl adjacent to an activating group) is 1. The predicted molar refractivity (Wildman–Crippen MR) is 134 cm³/mol. The molecular formula is C24H30FN5O2S. The number of aldehydes is 1. The SMILES string of the molecule is C=C(/N=C\C=N)OCc1cc(NC)ccc1F.CN1CCN(Sc2cccc(C=O)c2)CC1. The minimum absolute atomic E-state index is 0.0511. The summed E-state index contributed by atoms with van der Waals surface area (Å²) in [5, 5.41) is 9.65. The molecule has 1 heterocycles. The van der Waals surface area contributed by atoms with Gasteiger partial charge in [-0.2, -0.15) is 0 Å². The number of halogens is 1. The van der Waals surface area contributed by atoms with E-state index in [4.69, 9.17) is 10.1 Å². The molecular weight excluding hydrogens is 441 g/mol. The van der Waals surface area contributed by atoms with E-state index >= 15 is 0 Å². The highest BCUT2D eigenvalue weighted by Gasteiger charge is 2.14. The van der Waals surface area contributed by atoms with Crippen LogP contribution in [-0.4, -0.2) is 68.2 Å². The zero-order valence-corrected chi connectivity index (χ0v) is 19.8. The summed E-state index contributed by atoms with van der Waals surface area (Å²) < 4.78 is 20.9. The van der Waals surface area contributed by atoms with Crippen LogP contribution in [-0.2, 0) is 11.3 Å². The molecule has 7 nitrogen and oxygen atoms in total. The van der Waals surface area contributed by atoms with Crippen LogP contribution in [0.2, 0.25) is 0 Å². The fourth-order valence-corrected chi connectivity index (χ4v) is 3.80. The maximum atomic E-state index is 13.4. The molecule has 0 bridgehead atoms. The Morgan fingerprint density at radius 3 is 2.70 bits per heavy atom. The number of carbonyl (C=O) groups excluding carboxylic acids is 1. The highest BCUT2D eigenvalue weighted by molar-refractivity contribution is 7.97. The Morgan fingerprint density at radius 1 is 1.27 bits per heavy atom. The van der Waals surface area contributed by atoms with Crippen molar-refractivity contribution in [3.8, 4) is 0 Å². The number of nitrogens with one attached hydrogen (secondary N) is 2. The smallest absolute Gasteiger partial charge is 0.206 e. The summed E-state index contributed by atoms with van der Waals surface area (Å²) in [6.07, 6.45) is 3.15. The topological polar surface area (TPSA) is 81.0 Å². The largest absolute Gasteiger partial charge is 0.473 e. The van der Waals surface area contributed by atoms with Crippen molar-refractivity contribution in [1.29, 1.82) is 5.41 Å². The summed E-state index contributed by atoms with van der Waals surface area (Å²) in [7, 11) is 3.90. The lowest BCUT2D eigenvalue weighted by molar-refractivity contribution is 0.112. The number of aliphatic imine (C=N–C) groups is 1. The molecule has 2 aromatic carbocycles. The van der Waals surface area contributed by atoms with Gasteiger partial charge in [-0.05, 0) is 55.9 Å². The molecule has 2 N–H and O–H groups in total. The van der Waals surface area contributed by atoms with Crippen LogP contribution in [0.3, 0.4) is 0 Å². The zero-order valence-electron chi connectivity index (χ0n) is 19.0. The molecule has 1 aliphatic heterocycles. The molecule has 1 aliphatic rings. The first kappa shape index (κ1) is 26.2. The van der Waals surface area contributed by atoms with Gasteiger partial charge in [-0.1, -0.05) is 12.1 Å². The predicted octanol–water partition coefficient (Wildman–Crippen LogP) is 4.33. The van der Waals surface area contributed by atoms with Crippen LogP contribution in [0, 0.1) is 11.2 Å². The van der Waals surface area contributed by atoms with Crippen LogP contribution in [0.1, 0.15) is 15.9 Å². The van der Waals surface area contributed by atoms with Gasteiger partial charge in [0.05, 0.1) is 0 Å². The minimum Gasteiger partial charge on any atom is -0.473 e. The van der Waals surface area contributed by atoms with Gasteiger partial charge in [0.1, 0.15) is 18.7 Å². The van der Waals surface area contributed by atoms with E-state index in [0.717, 1.165) is 54.8 Å². The number of hydrogen-bond acceptors (Lipinski definition) is 8. The first-order chi connectivity index (χ1) is 15.9. The van der Waals surface area contributed by atoms with Gasteiger partial charge in [0, 0.05) is 67.4 Å². The summed E-state index contributed by atoms with van der Waals surface area (Å²) in [5.74, 6) is -0.199. The monoisotopic (exact) mass is 471 g/mol. The van der Waals surface area contributed by atoms with E-state index in [1.165, 1.54) is 12.3 Å². The van der Waals surface area contributed by atoms with E-state index in [2.05, 4.69) is 39.2 Å². The maximum absolute atomic E-state index is 13.4. The lowest BCUT2D eigenvalue weighted by Crippen LogP contribution is -2.40. The molecule has 1 saturated heterocycles. The van der Waals surface area contributed by atoms with Gasteiger partial charge >= 0.3 is 0 Å². The van der Waals surface area contributed by atoms with Crippen molar-refractivity contribution in [1.82, 2.24) is 9.21 Å². The fourth-order valence-electron chi connectivity index (χ4n) is 2.83. The number of anilines is 1. The maximum Gasteiger partial charge on any atom is 0.206 e. The molecule has 1 fully saturated rings. The molecule has 33 heavy (non-hydrogen) atoms. The Balaban J connectivity index is 0.000000234. The van der Waals surface area contributed by atoms with Gasteiger partial charge in [-0.3, -0.25) is 4.79 Å². The molecule has 0 unspecified atom stereocenters. The van der Waals surface area contributed by atoms with Crippen molar-refractivity contribution >= 4 is 36.4 Å². The van der Waals surface area contributed by atoms with Gasteiger partial charge in [0.2, 0.25) is 5.88 Å². The van der Waals surface area contributed by atoms with E-state index < -0.39 is 0 Å². The molecule has 0 atom stereocenters. The van der Waals surface area contributed by atoms with E-state index in [1.54, 1.807) is 31.1 Å². The Hall–Kier alpha value is -3.01. The molecule has 0 amide bonds. The quantitative estimate of drug-likeness (QED) is 0.245. The van der Waals surface area contributed by atoms with E-state index in [1.807, 2.05) is 18.2 Å². The molecule has 3 rings (SSSR count). The number of piperazine rings is 1. The fraction of sp³-hybridized carbons (Fsp3) is 0.292. The summed E-state index contributed by atoms with van der Waals surface area (Å²) in [4.78, 5) is 17.9. The number of nitrogens with zero attached hydrogens (tertiary/aromatic N) is 3. The molecule has 0 aromatic heterocycles. The third kappa shape index (κ3) is 9.56. The molecule has 0 aliphatic carbocycles. The zero-order chi connectivity index (χ0) is 24.1. The van der Waals surface area contributed by atoms with Crippen LogP contribution < -0.4 is 5.32 Å². The number of rotatable bonds is 9. The summed E-state index contributed by atoms with van der Waals surface area (Å²) in [6, 6.07) is 12.4. The second-order valence-electron chi connectivity index (χ2n) is 7.20. The Morgan fingerprint density at radius 2 is 2.03 bits per heavy atom. The minimum atomic E-state index is -0.340. The highest BCUT2D eigenvalue weighted by Crippen LogP contribution is 2.24. The second kappa shape index (κ2) is 14.2. The third-order valence-corrected chi connectivity index (χ3v) is 5.80. The number of ether oxygens (including phenoxy) is 1. The average molecular weight is 472 g/mol. The number of carbonyl (C=O) groups is 1. The van der Waals surface area contributed by atoms with E-state index in [9.17, 15) is 9.18 Å². The Labute approximate surface area is 199 Å². The van der Waals surface area contributed by atoms with Crippen LogP contribution >= 0.6 is 11.9 Å². The van der Waals surface area contributed by atoms with Crippen molar-refractivity contribution in [2.75, 3.05) is 45.6 Å². The molecule has 9 heteroatoms. The summed E-state index contributed by atoms with van der Waals surface area (Å²) in [5.41, 5.74) is 1.97. The van der Waals surface area contributed by atoms with Crippen molar-refractivity contribution < 1.29 is 13.9 Å². The lowest BCUT2D eigenvalue weighted by Gasteiger charge is -2.31. The average Bonchev–Trinajstić information content (AvgIpc) is 2.84. The second-order valence-corrected chi connectivity index (χ2v) is 8.37. The summed E-state index contributed by atoms with van der Waals surface area (Å²) in [6.45, 7) is 7.94. The van der Waals surface area contributed by atoms with Crippen LogP contribution in [0.15, 0.2) is 64.8 Å². The van der Waals surface area contributed by atoms with E-state index in [-0.39, 0.29) is 18.3 Å². The first-order valence-electron chi connectivity index (χ1n) is 10.4. The molecule has 0 saturated carbocycles. The Bertz CT molecular complexity index is 962. The van der Waals surface area contributed by atoms with Crippen LogP contribution in [0.5, 0.6) is 0 Å². The standard InChI is InChI=1S/C12H14FN3O.C12H16N2OS/c1-9(16-6-5-14)17-8-10-7-11(15-2)3-4-12(10)13;1-13-5-7-14(8-6-13)16-12-4-2-3-11(9-12)10-15/h3-7,14-15H,1,8H2,2H3;2-4,9-10H,5-8H2,1H3/b14-5?,16-6-;. The summed E-state index contributed by atoms with van der Waals surface area (Å²) >= 11 is 1.74. The van der Waals surface area contributed by atoms with Gasteiger partial charge in [-0.15, -0.1) is 0 Å². The molecule has 2 aromatic rings. The molecule has 0 spiro atoms. The molecule has 0 radical (unpaired) electrons. The normalized spacial score (nSPS) is 14.3. The van der Waals surface area contributed by atoms with Gasteiger partial charge in [0.15, 0.2) is 0 Å². The van der Waals surface area contributed by atoms with Gasteiger partial charge in [-0.25, -0.2) is 13.7 Å². The van der Waals surface area contributed by atoms with Crippen LogP contribution in [0.4, 0.5) is 10.1 Å². The molecule has 176 valence electrons. The van der Waals surface area contributed by atoms with Crippen molar-refractivity contribution in [2.45, 2.75) is 11.5 Å². The van der Waals surface area contributed by atoms with Gasteiger partial charge < -0.3 is 20.4 Å². The Kier molecular flexibility index (Phi) is 11.3. The van der Waals surface area contributed by atoms with Crippen molar-refractivity contribution in [2.24, 2.45) is 4.99 Å². The van der Waals surface area contributed by atoms with E-state index in [0.29, 0.717) is 5.56 Å². The number of hydrogen-bond donors (Lipinski definition) is 2. The first-order valence-corrected chi connectivity index (χ1v) is 11.2. The third-order valence-electron chi connectivity index (χ3n) is 4.71. The highest BCUT2D eigenvalue weighted by atomic mass is 32.2. The van der Waals surface area contributed by atoms with Crippen LogP contribution in [0.25, 0.3) is 0 Å². The number of benzene rings is 2.